The highest BCUT2D eigenvalue weighted by Crippen LogP contribution is 2.21. The number of aliphatic hydroxyl groups is 1. The first-order chi connectivity index (χ1) is 5.65. The summed E-state index contributed by atoms with van der Waals surface area (Å²) in [6.07, 6.45) is 2.11. The maximum Gasteiger partial charge on any atom is 0.161 e. The van der Waals surface area contributed by atoms with Gasteiger partial charge in [0, 0.05) is 13.5 Å². The van der Waals surface area contributed by atoms with Gasteiger partial charge < -0.3 is 14.6 Å². The maximum atomic E-state index is 9.32. The van der Waals surface area contributed by atoms with Crippen molar-refractivity contribution < 1.29 is 14.6 Å². The summed E-state index contributed by atoms with van der Waals surface area (Å²) in [7, 11) is 1.62. The highest BCUT2D eigenvalue weighted by atomic mass is 16.7. The first-order valence-corrected chi connectivity index (χ1v) is 4.21. The van der Waals surface area contributed by atoms with Gasteiger partial charge in [0.15, 0.2) is 6.29 Å². The molecule has 1 aliphatic heterocycles. The zero-order valence-corrected chi connectivity index (χ0v) is 7.78. The van der Waals surface area contributed by atoms with Gasteiger partial charge in [0.1, 0.15) is 0 Å². The molecule has 3 heteroatoms. The Kier molecular flexibility index (Phi) is 3.26. The molecule has 3 atom stereocenters. The van der Waals surface area contributed by atoms with Crippen LogP contribution in [0.1, 0.15) is 20.3 Å². The Balaban J connectivity index is 2.61. The summed E-state index contributed by atoms with van der Waals surface area (Å²) in [6, 6.07) is 0. The fraction of sp³-hybridized carbons (Fsp3) is 0.778. The van der Waals surface area contributed by atoms with E-state index in [0.29, 0.717) is 0 Å². The van der Waals surface area contributed by atoms with Crippen LogP contribution in [-0.2, 0) is 9.47 Å². The third kappa shape index (κ3) is 2.06. The summed E-state index contributed by atoms with van der Waals surface area (Å²) in [5.41, 5.74) is 0.948. The molecular formula is C9H16O3. The van der Waals surface area contributed by atoms with Gasteiger partial charge in [0.2, 0.25) is 0 Å². The second-order valence-corrected chi connectivity index (χ2v) is 3.06. The van der Waals surface area contributed by atoms with Gasteiger partial charge in [0.25, 0.3) is 0 Å². The molecule has 0 aromatic rings. The average Bonchev–Trinajstić information content (AvgIpc) is 2.03. The van der Waals surface area contributed by atoms with Crippen molar-refractivity contribution >= 4 is 0 Å². The van der Waals surface area contributed by atoms with Crippen molar-refractivity contribution in [2.75, 3.05) is 7.11 Å². The quantitative estimate of drug-likeness (QED) is 0.633. The van der Waals surface area contributed by atoms with Crippen LogP contribution in [0.25, 0.3) is 0 Å². The Morgan fingerprint density at radius 2 is 2.42 bits per heavy atom. The predicted molar refractivity (Wildman–Crippen MR) is 45.7 cm³/mol. The first-order valence-electron chi connectivity index (χ1n) is 4.21. The molecule has 1 N–H and O–H groups in total. The molecule has 0 fully saturated rings. The minimum atomic E-state index is -0.419. The molecule has 0 radical (unpaired) electrons. The fourth-order valence-corrected chi connectivity index (χ4v) is 1.42. The lowest BCUT2D eigenvalue weighted by atomic mass is 10.0. The van der Waals surface area contributed by atoms with Crippen molar-refractivity contribution in [1.29, 1.82) is 0 Å². The van der Waals surface area contributed by atoms with Crippen molar-refractivity contribution in [2.45, 2.75) is 38.8 Å². The van der Waals surface area contributed by atoms with Gasteiger partial charge in [-0.2, -0.15) is 0 Å². The van der Waals surface area contributed by atoms with Gasteiger partial charge in [-0.15, -0.1) is 0 Å². The Bertz CT molecular complexity index is 175. The summed E-state index contributed by atoms with van der Waals surface area (Å²) < 4.78 is 10.5. The lowest BCUT2D eigenvalue weighted by Crippen LogP contribution is -2.30. The van der Waals surface area contributed by atoms with Crippen LogP contribution in [0.15, 0.2) is 11.6 Å². The monoisotopic (exact) mass is 172 g/mol. The van der Waals surface area contributed by atoms with E-state index in [1.54, 1.807) is 14.0 Å². The molecule has 0 saturated carbocycles. The molecule has 1 heterocycles. The molecule has 0 spiro atoms. The summed E-state index contributed by atoms with van der Waals surface area (Å²) in [5, 5.41) is 9.32. The van der Waals surface area contributed by atoms with Crippen LogP contribution in [0, 0.1) is 0 Å². The molecule has 0 aromatic carbocycles. The van der Waals surface area contributed by atoms with E-state index in [1.807, 2.05) is 13.0 Å². The maximum absolute atomic E-state index is 9.32. The molecule has 0 bridgehead atoms. The minimum Gasteiger partial charge on any atom is -0.389 e. The van der Waals surface area contributed by atoms with Crippen molar-refractivity contribution in [1.82, 2.24) is 0 Å². The van der Waals surface area contributed by atoms with Crippen molar-refractivity contribution in [3.05, 3.63) is 11.6 Å². The summed E-state index contributed by atoms with van der Waals surface area (Å²) >= 11 is 0. The zero-order valence-electron chi connectivity index (χ0n) is 7.78. The van der Waals surface area contributed by atoms with Gasteiger partial charge in [-0.05, 0) is 19.4 Å². The van der Waals surface area contributed by atoms with Crippen LogP contribution in [0.2, 0.25) is 0 Å². The molecule has 0 aromatic heterocycles. The van der Waals surface area contributed by atoms with E-state index in [2.05, 4.69) is 0 Å². The zero-order chi connectivity index (χ0) is 9.14. The van der Waals surface area contributed by atoms with Gasteiger partial charge in [-0.25, -0.2) is 0 Å². The smallest absolute Gasteiger partial charge is 0.161 e. The van der Waals surface area contributed by atoms with E-state index >= 15 is 0 Å². The van der Waals surface area contributed by atoms with Crippen LogP contribution in [0.3, 0.4) is 0 Å². The third-order valence-electron chi connectivity index (χ3n) is 2.12. The lowest BCUT2D eigenvalue weighted by Gasteiger charge is -2.28. The third-order valence-corrected chi connectivity index (χ3v) is 2.12. The summed E-state index contributed by atoms with van der Waals surface area (Å²) in [4.78, 5) is 0. The number of ether oxygens (including phenoxy) is 2. The molecular weight excluding hydrogens is 156 g/mol. The molecule has 0 amide bonds. The number of rotatable bonds is 2. The standard InChI is InChI=1S/C9H16O3/c1-6(10)8-4-5-9(11-3)12-7(8)2/h4,6-7,9-10H,5H2,1-3H3/t6-,7-,9?/m0/s1. The van der Waals surface area contributed by atoms with Crippen LogP contribution >= 0.6 is 0 Å². The van der Waals surface area contributed by atoms with E-state index in [9.17, 15) is 5.11 Å². The summed E-state index contributed by atoms with van der Waals surface area (Å²) in [5.74, 6) is 0. The Hall–Kier alpha value is -0.380. The second kappa shape index (κ2) is 4.03. The number of hydrogen-bond donors (Lipinski definition) is 1. The van der Waals surface area contributed by atoms with E-state index in [0.717, 1.165) is 12.0 Å². The molecule has 1 unspecified atom stereocenters. The van der Waals surface area contributed by atoms with E-state index in [4.69, 9.17) is 9.47 Å². The normalized spacial score (nSPS) is 32.8. The van der Waals surface area contributed by atoms with Crippen molar-refractivity contribution in [2.24, 2.45) is 0 Å². The number of hydrogen-bond acceptors (Lipinski definition) is 3. The lowest BCUT2D eigenvalue weighted by molar-refractivity contribution is -0.148. The minimum absolute atomic E-state index is 0.0382. The second-order valence-electron chi connectivity index (χ2n) is 3.06. The highest BCUT2D eigenvalue weighted by molar-refractivity contribution is 5.14. The van der Waals surface area contributed by atoms with Crippen molar-refractivity contribution in [3.63, 3.8) is 0 Å². The van der Waals surface area contributed by atoms with E-state index in [1.165, 1.54) is 0 Å². The summed E-state index contributed by atoms with van der Waals surface area (Å²) in [6.45, 7) is 3.67. The van der Waals surface area contributed by atoms with Crippen LogP contribution in [-0.4, -0.2) is 30.7 Å². The molecule has 0 aliphatic carbocycles. The molecule has 3 nitrogen and oxygen atoms in total. The van der Waals surface area contributed by atoms with Gasteiger partial charge in [0.05, 0.1) is 12.2 Å². The first kappa shape index (κ1) is 9.71. The van der Waals surface area contributed by atoms with Gasteiger partial charge >= 0.3 is 0 Å². The van der Waals surface area contributed by atoms with E-state index < -0.39 is 6.10 Å². The topological polar surface area (TPSA) is 38.7 Å². The van der Waals surface area contributed by atoms with Crippen molar-refractivity contribution in [3.8, 4) is 0 Å². The number of aliphatic hydroxyl groups excluding tert-OH is 1. The predicted octanol–water partition coefficient (Wildman–Crippen LogP) is 1.07. The average molecular weight is 172 g/mol. The molecule has 70 valence electrons. The molecule has 12 heavy (non-hydrogen) atoms. The molecule has 1 aliphatic rings. The Morgan fingerprint density at radius 3 is 2.83 bits per heavy atom. The van der Waals surface area contributed by atoms with E-state index in [-0.39, 0.29) is 12.4 Å². The van der Waals surface area contributed by atoms with Crippen LogP contribution in [0.5, 0.6) is 0 Å². The molecule has 0 saturated heterocycles. The molecule has 1 rings (SSSR count). The van der Waals surface area contributed by atoms with Crippen LogP contribution < -0.4 is 0 Å². The van der Waals surface area contributed by atoms with Gasteiger partial charge in [-0.1, -0.05) is 6.08 Å². The number of methoxy groups -OCH3 is 1. The Morgan fingerprint density at radius 1 is 1.75 bits per heavy atom. The highest BCUT2D eigenvalue weighted by Gasteiger charge is 2.23. The largest absolute Gasteiger partial charge is 0.389 e. The Labute approximate surface area is 73.0 Å². The van der Waals surface area contributed by atoms with Crippen LogP contribution in [0.4, 0.5) is 0 Å². The fourth-order valence-electron chi connectivity index (χ4n) is 1.42. The SMILES string of the molecule is COC1CC=C([C@H](C)O)[C@H](C)O1. The van der Waals surface area contributed by atoms with Gasteiger partial charge in [-0.3, -0.25) is 0 Å².